The van der Waals surface area contributed by atoms with Gasteiger partial charge >= 0.3 is 0 Å². The Morgan fingerprint density at radius 3 is 3.00 bits per heavy atom. The number of hydrogen-bond acceptors (Lipinski definition) is 3. The molecule has 0 aromatic carbocycles. The van der Waals surface area contributed by atoms with Crippen LogP contribution in [-0.4, -0.2) is 29.0 Å². The van der Waals surface area contributed by atoms with Crippen molar-refractivity contribution in [3.63, 3.8) is 0 Å². The highest BCUT2D eigenvalue weighted by molar-refractivity contribution is 5.32. The predicted molar refractivity (Wildman–Crippen MR) is 73.5 cm³/mol. The molecule has 3 heteroatoms. The van der Waals surface area contributed by atoms with Crippen LogP contribution in [-0.2, 0) is 19.5 Å². The third-order valence-electron chi connectivity index (χ3n) is 4.15. The Bertz CT molecular complexity index is 438. The molecule has 1 aromatic rings. The van der Waals surface area contributed by atoms with Gasteiger partial charge in [0.25, 0.3) is 0 Å². The highest BCUT2D eigenvalue weighted by Crippen LogP contribution is 2.22. The second-order valence-corrected chi connectivity index (χ2v) is 5.61. The molecule has 98 valence electrons. The van der Waals surface area contributed by atoms with E-state index in [1.54, 1.807) is 0 Å². The van der Waals surface area contributed by atoms with E-state index in [0.717, 1.165) is 38.6 Å². The van der Waals surface area contributed by atoms with E-state index in [2.05, 4.69) is 30.1 Å². The van der Waals surface area contributed by atoms with E-state index in [4.69, 9.17) is 4.98 Å². The van der Waals surface area contributed by atoms with Gasteiger partial charge in [-0.05, 0) is 43.5 Å². The fourth-order valence-corrected chi connectivity index (χ4v) is 2.67. The van der Waals surface area contributed by atoms with E-state index in [1.807, 2.05) is 0 Å². The van der Waals surface area contributed by atoms with Gasteiger partial charge in [-0.25, -0.2) is 0 Å². The summed E-state index contributed by atoms with van der Waals surface area (Å²) in [6, 6.07) is 3.15. The van der Waals surface area contributed by atoms with Crippen LogP contribution >= 0.6 is 0 Å². The lowest BCUT2D eigenvalue weighted by atomic mass is 10.0. The third-order valence-corrected chi connectivity index (χ3v) is 4.15. The summed E-state index contributed by atoms with van der Waals surface area (Å²) < 4.78 is 0. The van der Waals surface area contributed by atoms with Crippen LogP contribution in [0.5, 0.6) is 0 Å². The number of nitrogens with one attached hydrogen (secondary N) is 1. The SMILES string of the molecule is CCN1CCc2nc(C)c(CNC3CC3)cc2C1. The Balaban J connectivity index is 1.77. The maximum Gasteiger partial charge on any atom is 0.0464 e. The van der Waals surface area contributed by atoms with Gasteiger partial charge in [-0.15, -0.1) is 0 Å². The molecule has 1 saturated carbocycles. The van der Waals surface area contributed by atoms with E-state index < -0.39 is 0 Å². The van der Waals surface area contributed by atoms with Crippen molar-refractivity contribution in [3.8, 4) is 0 Å². The lowest BCUT2D eigenvalue weighted by Gasteiger charge is -2.27. The summed E-state index contributed by atoms with van der Waals surface area (Å²) in [6.45, 7) is 8.76. The standard InChI is InChI=1S/C15H23N3/c1-3-18-7-6-15-13(10-18)8-12(11(2)17-15)9-16-14-4-5-14/h8,14,16H,3-7,9-10H2,1-2H3. The molecule has 1 N–H and O–H groups in total. The van der Waals surface area contributed by atoms with Gasteiger partial charge in [-0.3, -0.25) is 9.88 Å². The van der Waals surface area contributed by atoms with E-state index in [-0.39, 0.29) is 0 Å². The van der Waals surface area contributed by atoms with Crippen molar-refractivity contribution in [1.82, 2.24) is 15.2 Å². The summed E-state index contributed by atoms with van der Waals surface area (Å²) in [6.07, 6.45) is 3.81. The molecule has 0 spiro atoms. The molecule has 1 aliphatic heterocycles. The van der Waals surface area contributed by atoms with E-state index in [0.29, 0.717) is 0 Å². The first-order chi connectivity index (χ1) is 8.76. The van der Waals surface area contributed by atoms with Crippen molar-refractivity contribution in [2.75, 3.05) is 13.1 Å². The predicted octanol–water partition coefficient (Wildman–Crippen LogP) is 2.02. The zero-order valence-electron chi connectivity index (χ0n) is 11.5. The molecule has 2 aliphatic rings. The first-order valence-corrected chi connectivity index (χ1v) is 7.20. The number of likely N-dealkylation sites (N-methyl/N-ethyl adjacent to an activating group) is 1. The second kappa shape index (κ2) is 4.98. The van der Waals surface area contributed by atoms with Crippen LogP contribution in [0.15, 0.2) is 6.07 Å². The quantitative estimate of drug-likeness (QED) is 0.879. The molecule has 2 heterocycles. The van der Waals surface area contributed by atoms with Gasteiger partial charge in [0.2, 0.25) is 0 Å². The van der Waals surface area contributed by atoms with Gasteiger partial charge in [0.05, 0.1) is 0 Å². The number of hydrogen-bond donors (Lipinski definition) is 1. The molecule has 0 bridgehead atoms. The second-order valence-electron chi connectivity index (χ2n) is 5.61. The van der Waals surface area contributed by atoms with E-state index >= 15 is 0 Å². The van der Waals surface area contributed by atoms with Crippen molar-refractivity contribution < 1.29 is 0 Å². The molecule has 1 fully saturated rings. The van der Waals surface area contributed by atoms with Crippen molar-refractivity contribution >= 4 is 0 Å². The van der Waals surface area contributed by atoms with Crippen LogP contribution in [0.25, 0.3) is 0 Å². The number of aromatic nitrogens is 1. The molecule has 0 radical (unpaired) electrons. The number of nitrogens with zero attached hydrogens (tertiary/aromatic N) is 2. The number of pyridine rings is 1. The van der Waals surface area contributed by atoms with Crippen LogP contribution in [0.3, 0.4) is 0 Å². The van der Waals surface area contributed by atoms with Crippen molar-refractivity contribution in [1.29, 1.82) is 0 Å². The molecule has 0 unspecified atom stereocenters. The molecular weight excluding hydrogens is 222 g/mol. The summed E-state index contributed by atoms with van der Waals surface area (Å²) in [5.41, 5.74) is 5.37. The first kappa shape index (κ1) is 12.1. The minimum Gasteiger partial charge on any atom is -0.310 e. The van der Waals surface area contributed by atoms with Gasteiger partial charge in [0.1, 0.15) is 0 Å². The molecule has 0 atom stereocenters. The highest BCUT2D eigenvalue weighted by Gasteiger charge is 2.21. The van der Waals surface area contributed by atoms with Gasteiger partial charge in [-0.1, -0.05) is 6.92 Å². The van der Waals surface area contributed by atoms with Crippen molar-refractivity contribution in [2.24, 2.45) is 0 Å². The van der Waals surface area contributed by atoms with Crippen LogP contribution < -0.4 is 5.32 Å². The Hall–Kier alpha value is -0.930. The zero-order chi connectivity index (χ0) is 12.5. The zero-order valence-corrected chi connectivity index (χ0v) is 11.5. The molecule has 1 aliphatic carbocycles. The molecule has 1 aromatic heterocycles. The van der Waals surface area contributed by atoms with Crippen LogP contribution in [0, 0.1) is 6.92 Å². The Kier molecular flexibility index (Phi) is 3.35. The van der Waals surface area contributed by atoms with Gasteiger partial charge in [-0.2, -0.15) is 0 Å². The number of fused-ring (bicyclic) bond motifs is 1. The van der Waals surface area contributed by atoms with E-state index in [1.165, 1.54) is 35.4 Å². The molecule has 0 saturated heterocycles. The third kappa shape index (κ3) is 2.57. The topological polar surface area (TPSA) is 28.2 Å². The smallest absolute Gasteiger partial charge is 0.0464 e. The fraction of sp³-hybridized carbons (Fsp3) is 0.667. The summed E-state index contributed by atoms with van der Waals surface area (Å²) >= 11 is 0. The van der Waals surface area contributed by atoms with Crippen molar-refractivity contribution in [2.45, 2.75) is 52.2 Å². The van der Waals surface area contributed by atoms with Gasteiger partial charge in [0.15, 0.2) is 0 Å². The summed E-state index contributed by atoms with van der Waals surface area (Å²) in [7, 11) is 0. The molecule has 0 amide bonds. The minimum atomic E-state index is 0.771. The minimum absolute atomic E-state index is 0.771. The lowest BCUT2D eigenvalue weighted by Crippen LogP contribution is -2.31. The number of aryl methyl sites for hydroxylation is 1. The average molecular weight is 245 g/mol. The largest absolute Gasteiger partial charge is 0.310 e. The normalized spacial score (nSPS) is 19.9. The summed E-state index contributed by atoms with van der Waals surface area (Å²) in [5.74, 6) is 0. The summed E-state index contributed by atoms with van der Waals surface area (Å²) in [4.78, 5) is 7.31. The Morgan fingerprint density at radius 1 is 1.44 bits per heavy atom. The average Bonchev–Trinajstić information content (AvgIpc) is 3.20. The molecule has 3 nitrogen and oxygen atoms in total. The highest BCUT2D eigenvalue weighted by atomic mass is 15.1. The van der Waals surface area contributed by atoms with Crippen LogP contribution in [0.1, 0.15) is 42.3 Å². The summed E-state index contributed by atoms with van der Waals surface area (Å²) in [5, 5.41) is 3.59. The van der Waals surface area contributed by atoms with Crippen LogP contribution in [0.4, 0.5) is 0 Å². The Labute approximate surface area is 110 Å². The first-order valence-electron chi connectivity index (χ1n) is 7.20. The maximum atomic E-state index is 4.81. The number of rotatable bonds is 4. The Morgan fingerprint density at radius 2 is 2.28 bits per heavy atom. The lowest BCUT2D eigenvalue weighted by molar-refractivity contribution is 0.265. The van der Waals surface area contributed by atoms with Crippen LogP contribution in [0.2, 0.25) is 0 Å². The molecular formula is C15H23N3. The van der Waals surface area contributed by atoms with E-state index in [9.17, 15) is 0 Å². The maximum absolute atomic E-state index is 4.81. The van der Waals surface area contributed by atoms with Gasteiger partial charge in [0, 0.05) is 43.5 Å². The molecule has 18 heavy (non-hydrogen) atoms. The monoisotopic (exact) mass is 245 g/mol. The van der Waals surface area contributed by atoms with Crippen molar-refractivity contribution in [3.05, 3.63) is 28.6 Å². The van der Waals surface area contributed by atoms with Gasteiger partial charge < -0.3 is 5.32 Å². The fourth-order valence-electron chi connectivity index (χ4n) is 2.67. The molecule has 3 rings (SSSR count).